The quantitative estimate of drug-likeness (QED) is 0.241. The van der Waals surface area contributed by atoms with Gasteiger partial charge in [0.1, 0.15) is 17.3 Å². The van der Waals surface area contributed by atoms with Gasteiger partial charge in [-0.15, -0.1) is 0 Å². The van der Waals surface area contributed by atoms with E-state index in [2.05, 4.69) is 20.8 Å². The number of aliphatic hydroxyl groups is 1. The fourth-order valence-corrected chi connectivity index (χ4v) is 4.87. The Kier molecular flexibility index (Phi) is 7.72. The van der Waals surface area contributed by atoms with Gasteiger partial charge in [-0.2, -0.15) is 0 Å². The molecule has 4 rings (SSSR count). The van der Waals surface area contributed by atoms with Crippen LogP contribution < -0.4 is 14.4 Å². The average Bonchev–Trinajstić information content (AvgIpc) is 3.17. The molecule has 0 aromatic heterocycles. The van der Waals surface area contributed by atoms with E-state index in [9.17, 15) is 14.7 Å². The highest BCUT2D eigenvalue weighted by atomic mass is 16.5. The summed E-state index contributed by atoms with van der Waals surface area (Å²) in [6.45, 7) is 6.35. The van der Waals surface area contributed by atoms with Gasteiger partial charge in [0.25, 0.3) is 11.7 Å². The molecule has 0 bridgehead atoms. The Morgan fingerprint density at radius 1 is 0.923 bits per heavy atom. The standard InChI is InChI=1S/C32H36N2O5/c1-32(2,3)25-18-22(12-17-26(25)39-7)29(35)27-28(21-10-13-23(14-11-21)33(4)5)34(31(37)30(27)36)19-20-8-15-24(38-6)16-9-20/h8-18,28,35H,19H2,1-7H3/b29-27-. The Morgan fingerprint density at radius 2 is 1.56 bits per heavy atom. The number of rotatable bonds is 7. The first-order chi connectivity index (χ1) is 18.5. The fourth-order valence-electron chi connectivity index (χ4n) is 4.87. The van der Waals surface area contributed by atoms with Crippen LogP contribution in [0.3, 0.4) is 0 Å². The summed E-state index contributed by atoms with van der Waals surface area (Å²) in [5.41, 5.74) is 3.69. The Morgan fingerprint density at radius 3 is 2.10 bits per heavy atom. The number of ether oxygens (including phenoxy) is 2. The molecule has 1 amide bonds. The van der Waals surface area contributed by atoms with E-state index in [0.29, 0.717) is 17.1 Å². The number of hydrogen-bond donors (Lipinski definition) is 1. The van der Waals surface area contributed by atoms with Crippen molar-refractivity contribution in [1.82, 2.24) is 4.90 Å². The van der Waals surface area contributed by atoms with Gasteiger partial charge in [0.2, 0.25) is 0 Å². The van der Waals surface area contributed by atoms with Crippen molar-refractivity contribution in [3.63, 3.8) is 0 Å². The van der Waals surface area contributed by atoms with Gasteiger partial charge in [-0.25, -0.2) is 0 Å². The molecule has 1 aliphatic heterocycles. The zero-order chi connectivity index (χ0) is 28.5. The number of aliphatic hydroxyl groups excluding tert-OH is 1. The lowest BCUT2D eigenvalue weighted by atomic mass is 9.84. The molecule has 0 radical (unpaired) electrons. The van der Waals surface area contributed by atoms with Crippen molar-refractivity contribution < 1.29 is 24.2 Å². The van der Waals surface area contributed by atoms with Crippen LogP contribution in [-0.2, 0) is 21.5 Å². The molecule has 1 atom stereocenters. The third-order valence-corrected chi connectivity index (χ3v) is 7.06. The summed E-state index contributed by atoms with van der Waals surface area (Å²) in [6, 6.07) is 19.6. The summed E-state index contributed by atoms with van der Waals surface area (Å²) in [5.74, 6) is -0.185. The minimum absolute atomic E-state index is 0.0659. The van der Waals surface area contributed by atoms with Crippen LogP contribution in [0.25, 0.3) is 5.76 Å². The van der Waals surface area contributed by atoms with Gasteiger partial charge < -0.3 is 24.4 Å². The predicted molar refractivity (Wildman–Crippen MR) is 153 cm³/mol. The lowest BCUT2D eigenvalue weighted by molar-refractivity contribution is -0.140. The van der Waals surface area contributed by atoms with Crippen LogP contribution in [0.2, 0.25) is 0 Å². The monoisotopic (exact) mass is 528 g/mol. The van der Waals surface area contributed by atoms with Gasteiger partial charge in [-0.05, 0) is 59.0 Å². The van der Waals surface area contributed by atoms with Crippen molar-refractivity contribution in [1.29, 1.82) is 0 Å². The van der Waals surface area contributed by atoms with E-state index in [1.807, 2.05) is 73.6 Å². The van der Waals surface area contributed by atoms with E-state index in [1.54, 1.807) is 26.4 Å². The van der Waals surface area contributed by atoms with Crippen LogP contribution in [0.5, 0.6) is 11.5 Å². The highest BCUT2D eigenvalue weighted by Crippen LogP contribution is 2.42. The summed E-state index contributed by atoms with van der Waals surface area (Å²) in [6.07, 6.45) is 0. The molecule has 1 N–H and O–H groups in total. The third-order valence-electron chi connectivity index (χ3n) is 7.06. The molecule has 3 aromatic carbocycles. The number of anilines is 1. The largest absolute Gasteiger partial charge is 0.507 e. The number of carbonyl (C=O) groups excluding carboxylic acids is 2. The molecule has 0 spiro atoms. The highest BCUT2D eigenvalue weighted by Gasteiger charge is 2.46. The molecule has 0 aliphatic carbocycles. The van der Waals surface area contributed by atoms with Crippen molar-refractivity contribution in [2.75, 3.05) is 33.2 Å². The molecular formula is C32H36N2O5. The average molecular weight is 529 g/mol. The van der Waals surface area contributed by atoms with Gasteiger partial charge in [0.05, 0.1) is 25.8 Å². The first kappa shape index (κ1) is 27.8. The number of amides is 1. The lowest BCUT2D eigenvalue weighted by Crippen LogP contribution is -2.29. The maximum absolute atomic E-state index is 13.5. The van der Waals surface area contributed by atoms with Crippen LogP contribution in [0.4, 0.5) is 5.69 Å². The van der Waals surface area contributed by atoms with Crippen LogP contribution >= 0.6 is 0 Å². The van der Waals surface area contributed by atoms with Crippen LogP contribution in [0.15, 0.2) is 72.3 Å². The first-order valence-corrected chi connectivity index (χ1v) is 12.8. The molecule has 1 fully saturated rings. The zero-order valence-electron chi connectivity index (χ0n) is 23.6. The molecule has 1 unspecified atom stereocenters. The van der Waals surface area contributed by atoms with Crippen LogP contribution in [0, 0.1) is 0 Å². The fraction of sp³-hybridized carbons (Fsp3) is 0.312. The molecule has 1 heterocycles. The molecule has 3 aromatic rings. The Bertz CT molecular complexity index is 1400. The van der Waals surface area contributed by atoms with Gasteiger partial charge in [0, 0.05) is 37.5 Å². The van der Waals surface area contributed by atoms with E-state index in [0.717, 1.165) is 22.4 Å². The number of ketones is 1. The van der Waals surface area contributed by atoms with Crippen molar-refractivity contribution in [2.24, 2.45) is 0 Å². The first-order valence-electron chi connectivity index (χ1n) is 12.8. The predicted octanol–water partition coefficient (Wildman–Crippen LogP) is 5.69. The normalized spacial score (nSPS) is 16.9. The topological polar surface area (TPSA) is 79.3 Å². The van der Waals surface area contributed by atoms with E-state index >= 15 is 0 Å². The van der Waals surface area contributed by atoms with Crippen molar-refractivity contribution in [3.8, 4) is 11.5 Å². The second-order valence-corrected chi connectivity index (χ2v) is 10.9. The van der Waals surface area contributed by atoms with E-state index in [1.165, 1.54) is 4.90 Å². The summed E-state index contributed by atoms with van der Waals surface area (Å²) >= 11 is 0. The van der Waals surface area contributed by atoms with Gasteiger partial charge in [-0.3, -0.25) is 9.59 Å². The number of nitrogens with zero attached hydrogens (tertiary/aromatic N) is 2. The van der Waals surface area contributed by atoms with E-state index in [4.69, 9.17) is 9.47 Å². The molecule has 0 saturated carbocycles. The van der Waals surface area contributed by atoms with Crippen molar-refractivity contribution >= 4 is 23.1 Å². The van der Waals surface area contributed by atoms with Gasteiger partial charge >= 0.3 is 0 Å². The number of likely N-dealkylation sites (tertiary alicyclic amines) is 1. The maximum atomic E-state index is 13.5. The number of benzene rings is 3. The SMILES string of the molecule is COc1ccc(CN2C(=O)C(=O)/C(=C(\O)c3ccc(OC)c(C(C)(C)C)c3)C2c2ccc(N(C)C)cc2)cc1. The van der Waals surface area contributed by atoms with Crippen molar-refractivity contribution in [3.05, 3.63) is 94.6 Å². The minimum Gasteiger partial charge on any atom is -0.507 e. The third kappa shape index (κ3) is 5.48. The molecule has 1 saturated heterocycles. The Labute approximate surface area is 230 Å². The lowest BCUT2D eigenvalue weighted by Gasteiger charge is -2.26. The number of carbonyl (C=O) groups is 2. The number of hydrogen-bond acceptors (Lipinski definition) is 6. The van der Waals surface area contributed by atoms with Gasteiger partial charge in [-0.1, -0.05) is 45.0 Å². The van der Waals surface area contributed by atoms with E-state index in [-0.39, 0.29) is 23.3 Å². The van der Waals surface area contributed by atoms with Crippen LogP contribution in [0.1, 0.15) is 49.1 Å². The van der Waals surface area contributed by atoms with E-state index < -0.39 is 17.7 Å². The second kappa shape index (κ2) is 10.8. The molecule has 39 heavy (non-hydrogen) atoms. The summed E-state index contributed by atoms with van der Waals surface area (Å²) in [5, 5.41) is 11.6. The Hall–Kier alpha value is -4.26. The van der Waals surface area contributed by atoms with Gasteiger partial charge in [0.15, 0.2) is 0 Å². The van der Waals surface area contributed by atoms with Crippen LogP contribution in [-0.4, -0.2) is 50.0 Å². The zero-order valence-corrected chi connectivity index (χ0v) is 23.6. The molecule has 7 nitrogen and oxygen atoms in total. The number of Topliss-reactive ketones (excluding diaryl/α,β-unsaturated/α-hetero) is 1. The molecule has 204 valence electrons. The molecule has 1 aliphatic rings. The highest BCUT2D eigenvalue weighted by molar-refractivity contribution is 6.46. The minimum atomic E-state index is -0.761. The Balaban J connectivity index is 1.87. The summed E-state index contributed by atoms with van der Waals surface area (Å²) < 4.78 is 10.8. The maximum Gasteiger partial charge on any atom is 0.295 e. The number of methoxy groups -OCH3 is 2. The summed E-state index contributed by atoms with van der Waals surface area (Å²) in [7, 11) is 7.09. The second-order valence-electron chi connectivity index (χ2n) is 10.9. The summed E-state index contributed by atoms with van der Waals surface area (Å²) in [4.78, 5) is 30.5. The molecule has 7 heteroatoms. The smallest absolute Gasteiger partial charge is 0.295 e. The van der Waals surface area contributed by atoms with Crippen molar-refractivity contribution in [2.45, 2.75) is 38.8 Å². The molecular weight excluding hydrogens is 492 g/mol.